The third-order valence-electron chi connectivity index (χ3n) is 5.58. The number of carbonyl (C=O) groups is 2. The lowest BCUT2D eigenvalue weighted by molar-refractivity contribution is 0.0696. The number of aromatic carboxylic acids is 1. The normalized spacial score (nSPS) is 14.2. The number of alkyl halides is 2. The van der Waals surface area contributed by atoms with Crippen molar-refractivity contribution in [1.29, 1.82) is 0 Å². The monoisotopic (exact) mass is 455 g/mol. The fourth-order valence-corrected chi connectivity index (χ4v) is 3.64. The molecule has 1 aliphatic carbocycles. The Morgan fingerprint density at radius 1 is 1.18 bits per heavy atom. The van der Waals surface area contributed by atoms with Crippen LogP contribution in [0.15, 0.2) is 48.5 Å². The summed E-state index contributed by atoms with van der Waals surface area (Å²) in [5, 5.41) is 15.5. The first-order valence-electron chi connectivity index (χ1n) is 10.5. The minimum absolute atomic E-state index is 0.0795. The molecule has 172 valence electrons. The zero-order valence-electron chi connectivity index (χ0n) is 18.1. The number of nitrogens with zero attached hydrogens (tertiary/aromatic N) is 2. The van der Waals surface area contributed by atoms with Gasteiger partial charge >= 0.3 is 5.97 Å². The van der Waals surface area contributed by atoms with Crippen LogP contribution in [0.2, 0.25) is 0 Å². The fourth-order valence-electron chi connectivity index (χ4n) is 3.64. The van der Waals surface area contributed by atoms with Gasteiger partial charge in [-0.05, 0) is 61.1 Å². The largest absolute Gasteiger partial charge is 0.478 e. The third-order valence-corrected chi connectivity index (χ3v) is 5.58. The van der Waals surface area contributed by atoms with Crippen LogP contribution in [0.3, 0.4) is 0 Å². The second-order valence-electron chi connectivity index (χ2n) is 8.06. The summed E-state index contributed by atoms with van der Waals surface area (Å²) >= 11 is 0. The molecule has 9 heteroatoms. The first kappa shape index (κ1) is 22.4. The quantitative estimate of drug-likeness (QED) is 0.486. The summed E-state index contributed by atoms with van der Waals surface area (Å²) in [6.07, 6.45) is -0.773. The van der Waals surface area contributed by atoms with Crippen molar-refractivity contribution in [2.45, 2.75) is 38.2 Å². The Kier molecular flexibility index (Phi) is 6.13. The number of carboxylic acids is 1. The van der Waals surface area contributed by atoms with Gasteiger partial charge in [-0.2, -0.15) is 5.10 Å². The standard InChI is InChI=1S/C24H23F2N3O4/c1-13(14-6-10-16(11-7-14)24(31)32)27-22(30)19-20(21(25)26)28-29(2)23(19)33-18-5-3-4-17(12-18)15-8-9-15/h3-7,10-13,15,21H,8-9H2,1-2H3,(H,27,30)(H,31,32). The van der Waals surface area contributed by atoms with E-state index in [2.05, 4.69) is 10.4 Å². The molecule has 1 aliphatic rings. The van der Waals surface area contributed by atoms with E-state index in [1.165, 1.54) is 19.2 Å². The van der Waals surface area contributed by atoms with E-state index < -0.39 is 30.0 Å². The summed E-state index contributed by atoms with van der Waals surface area (Å²) in [5.74, 6) is -0.990. The molecule has 7 nitrogen and oxygen atoms in total. The van der Waals surface area contributed by atoms with Gasteiger partial charge in [0.25, 0.3) is 12.3 Å². The van der Waals surface area contributed by atoms with E-state index in [-0.39, 0.29) is 17.0 Å². The van der Waals surface area contributed by atoms with E-state index in [1.54, 1.807) is 25.1 Å². The van der Waals surface area contributed by atoms with Crippen LogP contribution in [0.5, 0.6) is 11.6 Å². The van der Waals surface area contributed by atoms with E-state index in [4.69, 9.17) is 9.84 Å². The molecule has 1 heterocycles. The summed E-state index contributed by atoms with van der Waals surface area (Å²) < 4.78 is 34.4. The van der Waals surface area contributed by atoms with Gasteiger partial charge in [-0.1, -0.05) is 24.3 Å². The molecule has 0 spiro atoms. The molecule has 1 aromatic heterocycles. The molecular weight excluding hydrogens is 432 g/mol. The summed E-state index contributed by atoms with van der Waals surface area (Å²) in [6, 6.07) is 12.7. The number of carbonyl (C=O) groups excluding carboxylic acids is 1. The number of rotatable bonds is 8. The van der Waals surface area contributed by atoms with Crippen LogP contribution >= 0.6 is 0 Å². The van der Waals surface area contributed by atoms with Crippen LogP contribution in [0.4, 0.5) is 8.78 Å². The van der Waals surface area contributed by atoms with E-state index in [0.29, 0.717) is 17.2 Å². The van der Waals surface area contributed by atoms with Crippen molar-refractivity contribution in [3.8, 4) is 11.6 Å². The van der Waals surface area contributed by atoms with Gasteiger partial charge in [0.1, 0.15) is 17.0 Å². The minimum Gasteiger partial charge on any atom is -0.478 e. The van der Waals surface area contributed by atoms with Crippen molar-refractivity contribution in [3.05, 3.63) is 76.5 Å². The van der Waals surface area contributed by atoms with Crippen molar-refractivity contribution in [2.24, 2.45) is 7.05 Å². The Bertz CT molecular complexity index is 1190. The average molecular weight is 455 g/mol. The molecule has 33 heavy (non-hydrogen) atoms. The number of carboxylic acid groups (broad SMARTS) is 1. The Labute approximate surface area is 189 Å². The first-order chi connectivity index (χ1) is 15.7. The van der Waals surface area contributed by atoms with E-state index >= 15 is 0 Å². The second kappa shape index (κ2) is 9.01. The molecular formula is C24H23F2N3O4. The molecule has 0 saturated heterocycles. The summed E-state index contributed by atoms with van der Waals surface area (Å²) in [4.78, 5) is 24.1. The molecule has 2 aromatic carbocycles. The number of aryl methyl sites for hydroxylation is 1. The Balaban J connectivity index is 1.60. The highest BCUT2D eigenvalue weighted by Gasteiger charge is 2.31. The third kappa shape index (κ3) is 4.87. The van der Waals surface area contributed by atoms with Crippen molar-refractivity contribution in [2.75, 3.05) is 0 Å². The molecule has 1 atom stereocenters. The minimum atomic E-state index is -2.97. The van der Waals surface area contributed by atoms with E-state index in [0.717, 1.165) is 23.1 Å². The van der Waals surface area contributed by atoms with Crippen LogP contribution in [0.25, 0.3) is 0 Å². The van der Waals surface area contributed by atoms with Gasteiger partial charge in [-0.25, -0.2) is 18.3 Å². The topological polar surface area (TPSA) is 93.5 Å². The van der Waals surface area contributed by atoms with Gasteiger partial charge in [0, 0.05) is 7.05 Å². The SMILES string of the molecule is CC(NC(=O)c1c(C(F)F)nn(C)c1Oc1cccc(C2CC2)c1)c1ccc(C(=O)O)cc1. The summed E-state index contributed by atoms with van der Waals surface area (Å²) in [5.41, 5.74) is 0.826. The molecule has 1 amide bonds. The Morgan fingerprint density at radius 3 is 2.48 bits per heavy atom. The molecule has 4 rings (SSSR count). The van der Waals surface area contributed by atoms with Gasteiger partial charge in [0.15, 0.2) is 0 Å². The highest BCUT2D eigenvalue weighted by atomic mass is 19.3. The fraction of sp³-hybridized carbons (Fsp3) is 0.292. The maximum absolute atomic E-state index is 13.7. The molecule has 0 aliphatic heterocycles. The number of ether oxygens (including phenoxy) is 1. The van der Waals surface area contributed by atoms with Gasteiger partial charge in [0.2, 0.25) is 5.88 Å². The highest BCUT2D eigenvalue weighted by Crippen LogP contribution is 2.41. The predicted molar refractivity (Wildman–Crippen MR) is 116 cm³/mol. The number of halogens is 2. The molecule has 1 fully saturated rings. The Morgan fingerprint density at radius 2 is 1.88 bits per heavy atom. The lowest BCUT2D eigenvalue weighted by Crippen LogP contribution is -2.27. The molecule has 3 aromatic rings. The van der Waals surface area contributed by atoms with Crippen molar-refractivity contribution < 1.29 is 28.2 Å². The molecule has 1 saturated carbocycles. The highest BCUT2D eigenvalue weighted by molar-refractivity contribution is 5.98. The maximum Gasteiger partial charge on any atom is 0.335 e. The van der Waals surface area contributed by atoms with Gasteiger partial charge in [-0.3, -0.25) is 4.79 Å². The second-order valence-corrected chi connectivity index (χ2v) is 8.06. The smallest absolute Gasteiger partial charge is 0.335 e. The van der Waals surface area contributed by atoms with Crippen molar-refractivity contribution in [3.63, 3.8) is 0 Å². The zero-order valence-corrected chi connectivity index (χ0v) is 18.1. The van der Waals surface area contributed by atoms with E-state index in [1.807, 2.05) is 18.2 Å². The van der Waals surface area contributed by atoms with Crippen LogP contribution in [0.1, 0.15) is 75.7 Å². The number of aromatic nitrogens is 2. The summed E-state index contributed by atoms with van der Waals surface area (Å²) in [7, 11) is 1.44. The van der Waals surface area contributed by atoms with Crippen LogP contribution in [0, 0.1) is 0 Å². The molecule has 2 N–H and O–H groups in total. The average Bonchev–Trinajstić information content (AvgIpc) is 3.58. The summed E-state index contributed by atoms with van der Waals surface area (Å²) in [6.45, 7) is 1.67. The molecule has 0 radical (unpaired) electrons. The lowest BCUT2D eigenvalue weighted by Gasteiger charge is -2.16. The lowest BCUT2D eigenvalue weighted by atomic mass is 10.1. The van der Waals surface area contributed by atoms with Gasteiger partial charge < -0.3 is 15.2 Å². The van der Waals surface area contributed by atoms with Crippen LogP contribution in [-0.4, -0.2) is 26.8 Å². The number of hydrogen-bond donors (Lipinski definition) is 2. The number of nitrogens with one attached hydrogen (secondary N) is 1. The number of benzene rings is 2. The molecule has 1 unspecified atom stereocenters. The molecule has 0 bridgehead atoms. The van der Waals surface area contributed by atoms with Crippen molar-refractivity contribution >= 4 is 11.9 Å². The van der Waals surface area contributed by atoms with Gasteiger partial charge in [0.05, 0.1) is 11.6 Å². The van der Waals surface area contributed by atoms with E-state index in [9.17, 15) is 18.4 Å². The first-order valence-corrected chi connectivity index (χ1v) is 10.5. The predicted octanol–water partition coefficient (Wildman–Crippen LogP) is 5.22. The van der Waals surface area contributed by atoms with Crippen LogP contribution in [-0.2, 0) is 7.05 Å². The van der Waals surface area contributed by atoms with Crippen LogP contribution < -0.4 is 10.1 Å². The number of amides is 1. The van der Waals surface area contributed by atoms with Gasteiger partial charge in [-0.15, -0.1) is 0 Å². The van der Waals surface area contributed by atoms with Crippen molar-refractivity contribution in [1.82, 2.24) is 15.1 Å². The maximum atomic E-state index is 13.7. The zero-order chi connectivity index (χ0) is 23.7. The Hall–Kier alpha value is -3.75. The number of hydrogen-bond acceptors (Lipinski definition) is 4.